The first-order valence-corrected chi connectivity index (χ1v) is 7.32. The molecule has 0 spiro atoms. The van der Waals surface area contributed by atoms with Gasteiger partial charge in [0.05, 0.1) is 12.3 Å². The summed E-state index contributed by atoms with van der Waals surface area (Å²) >= 11 is 1.09. The van der Waals surface area contributed by atoms with Crippen LogP contribution >= 0.6 is 11.8 Å². The number of aliphatic carboxylic acids is 1. The molecule has 0 rings (SSSR count). The Morgan fingerprint density at radius 3 is 2.42 bits per heavy atom. The van der Waals surface area contributed by atoms with Gasteiger partial charge >= 0.3 is 5.97 Å². The zero-order valence-electron chi connectivity index (χ0n) is 11.6. The fourth-order valence-corrected chi connectivity index (χ4v) is 2.21. The number of carbonyl (C=O) groups is 3. The molecule has 0 heterocycles. The first kappa shape index (κ1) is 17.8. The molecule has 0 aromatic heterocycles. The average Bonchev–Trinajstić information content (AvgIpc) is 2.36. The van der Waals surface area contributed by atoms with Crippen LogP contribution in [0.3, 0.4) is 0 Å². The van der Waals surface area contributed by atoms with Gasteiger partial charge in [0.1, 0.15) is 5.25 Å². The van der Waals surface area contributed by atoms with Gasteiger partial charge in [0, 0.05) is 13.6 Å². The summed E-state index contributed by atoms with van der Waals surface area (Å²) in [5.41, 5.74) is 0. The van der Waals surface area contributed by atoms with Crippen molar-refractivity contribution in [3.05, 3.63) is 0 Å². The van der Waals surface area contributed by atoms with E-state index in [1.807, 2.05) is 6.92 Å². The van der Waals surface area contributed by atoms with E-state index in [0.717, 1.165) is 18.2 Å². The van der Waals surface area contributed by atoms with Crippen molar-refractivity contribution < 1.29 is 19.5 Å². The van der Waals surface area contributed by atoms with Gasteiger partial charge in [-0.15, -0.1) is 11.8 Å². The van der Waals surface area contributed by atoms with Crippen LogP contribution in [0, 0.1) is 0 Å². The summed E-state index contributed by atoms with van der Waals surface area (Å²) in [6.07, 6.45) is 1.31. The van der Waals surface area contributed by atoms with Crippen molar-refractivity contribution in [2.45, 2.75) is 31.9 Å². The SMILES string of the molecule is CCCNC(=O)CN(C)C(=O)CSC(CC)C(=O)O. The van der Waals surface area contributed by atoms with Crippen LogP contribution in [0.4, 0.5) is 0 Å². The van der Waals surface area contributed by atoms with E-state index in [4.69, 9.17) is 5.11 Å². The third kappa shape index (κ3) is 7.71. The van der Waals surface area contributed by atoms with E-state index in [-0.39, 0.29) is 24.1 Å². The average molecular weight is 290 g/mol. The maximum Gasteiger partial charge on any atom is 0.316 e. The Morgan fingerprint density at radius 1 is 1.32 bits per heavy atom. The van der Waals surface area contributed by atoms with E-state index in [1.165, 1.54) is 11.9 Å². The van der Waals surface area contributed by atoms with Crippen molar-refractivity contribution in [3.63, 3.8) is 0 Å². The molecule has 7 heteroatoms. The standard InChI is InChI=1S/C12H22N2O4S/c1-4-6-13-10(15)7-14(3)11(16)8-19-9(5-2)12(17)18/h9H,4-8H2,1-3H3,(H,13,15)(H,17,18). The smallest absolute Gasteiger partial charge is 0.316 e. The minimum atomic E-state index is -0.913. The number of hydrogen-bond donors (Lipinski definition) is 2. The lowest BCUT2D eigenvalue weighted by Crippen LogP contribution is -2.39. The molecule has 0 aliphatic heterocycles. The fourth-order valence-electron chi connectivity index (χ4n) is 1.27. The second-order valence-corrected chi connectivity index (χ2v) is 5.34. The Labute approximate surface area is 117 Å². The molecule has 1 atom stereocenters. The maximum absolute atomic E-state index is 11.7. The quantitative estimate of drug-likeness (QED) is 0.648. The van der Waals surface area contributed by atoms with Gasteiger partial charge < -0.3 is 15.3 Å². The molecule has 0 aromatic rings. The van der Waals surface area contributed by atoms with Gasteiger partial charge in [-0.25, -0.2) is 0 Å². The number of nitrogens with zero attached hydrogens (tertiary/aromatic N) is 1. The molecule has 19 heavy (non-hydrogen) atoms. The molecule has 0 radical (unpaired) electrons. The molecular formula is C12H22N2O4S. The lowest BCUT2D eigenvalue weighted by atomic mass is 10.3. The Bertz CT molecular complexity index is 323. The van der Waals surface area contributed by atoms with Crippen molar-refractivity contribution in [3.8, 4) is 0 Å². The lowest BCUT2D eigenvalue weighted by molar-refractivity contribution is -0.136. The third-order valence-corrected chi connectivity index (χ3v) is 3.78. The highest BCUT2D eigenvalue weighted by molar-refractivity contribution is 8.01. The Kier molecular flexibility index (Phi) is 9.03. The molecule has 0 aromatic carbocycles. The van der Waals surface area contributed by atoms with Gasteiger partial charge in [-0.1, -0.05) is 13.8 Å². The molecule has 0 fully saturated rings. The summed E-state index contributed by atoms with van der Waals surface area (Å²) in [6.45, 7) is 4.30. The second-order valence-electron chi connectivity index (χ2n) is 4.15. The number of likely N-dealkylation sites (N-methyl/N-ethyl adjacent to an activating group) is 1. The molecule has 2 N–H and O–H groups in total. The number of thioether (sulfide) groups is 1. The lowest BCUT2D eigenvalue weighted by Gasteiger charge is -2.17. The topological polar surface area (TPSA) is 86.7 Å². The van der Waals surface area contributed by atoms with Gasteiger partial charge in [-0.3, -0.25) is 14.4 Å². The summed E-state index contributed by atoms with van der Waals surface area (Å²) in [4.78, 5) is 35.3. The summed E-state index contributed by atoms with van der Waals surface area (Å²) in [7, 11) is 1.54. The molecule has 1 unspecified atom stereocenters. The van der Waals surface area contributed by atoms with Crippen LogP contribution in [0.1, 0.15) is 26.7 Å². The number of nitrogens with one attached hydrogen (secondary N) is 1. The molecule has 0 bridgehead atoms. The predicted molar refractivity (Wildman–Crippen MR) is 75.1 cm³/mol. The summed E-state index contributed by atoms with van der Waals surface area (Å²) in [5.74, 6) is -1.28. The zero-order chi connectivity index (χ0) is 14.8. The largest absolute Gasteiger partial charge is 0.480 e. The van der Waals surface area contributed by atoms with E-state index in [0.29, 0.717) is 13.0 Å². The minimum Gasteiger partial charge on any atom is -0.480 e. The second kappa shape index (κ2) is 9.66. The summed E-state index contributed by atoms with van der Waals surface area (Å²) < 4.78 is 0. The number of rotatable bonds is 9. The molecule has 0 aliphatic carbocycles. The monoisotopic (exact) mass is 290 g/mol. The number of hydrogen-bond acceptors (Lipinski definition) is 4. The van der Waals surface area contributed by atoms with Crippen molar-refractivity contribution >= 4 is 29.5 Å². The number of carbonyl (C=O) groups excluding carboxylic acids is 2. The molecular weight excluding hydrogens is 268 g/mol. The van der Waals surface area contributed by atoms with Gasteiger partial charge in [0.25, 0.3) is 0 Å². The van der Waals surface area contributed by atoms with Crippen LogP contribution in [-0.4, -0.2) is 58.9 Å². The number of amides is 2. The van der Waals surface area contributed by atoms with Crippen LogP contribution in [0.15, 0.2) is 0 Å². The van der Waals surface area contributed by atoms with E-state index in [2.05, 4.69) is 5.32 Å². The fraction of sp³-hybridized carbons (Fsp3) is 0.750. The first-order chi connectivity index (χ1) is 8.92. The molecule has 0 aliphatic rings. The molecule has 0 saturated heterocycles. The van der Waals surface area contributed by atoms with Crippen LogP contribution in [0.5, 0.6) is 0 Å². The zero-order valence-corrected chi connectivity index (χ0v) is 12.5. The third-order valence-electron chi connectivity index (χ3n) is 2.43. The van der Waals surface area contributed by atoms with Crippen molar-refractivity contribution in [1.29, 1.82) is 0 Å². The molecule has 2 amide bonds. The van der Waals surface area contributed by atoms with Crippen LogP contribution < -0.4 is 5.32 Å². The minimum absolute atomic E-state index is 0.00323. The van der Waals surface area contributed by atoms with Gasteiger partial charge in [-0.05, 0) is 12.8 Å². The van der Waals surface area contributed by atoms with Crippen molar-refractivity contribution in [2.75, 3.05) is 25.9 Å². The highest BCUT2D eigenvalue weighted by Crippen LogP contribution is 2.15. The van der Waals surface area contributed by atoms with E-state index in [9.17, 15) is 14.4 Å². The highest BCUT2D eigenvalue weighted by Gasteiger charge is 2.19. The van der Waals surface area contributed by atoms with E-state index >= 15 is 0 Å². The maximum atomic E-state index is 11.7. The van der Waals surface area contributed by atoms with Crippen molar-refractivity contribution in [2.24, 2.45) is 0 Å². The van der Waals surface area contributed by atoms with E-state index in [1.54, 1.807) is 6.92 Å². The van der Waals surface area contributed by atoms with E-state index < -0.39 is 11.2 Å². The van der Waals surface area contributed by atoms with Crippen LogP contribution in [0.2, 0.25) is 0 Å². The van der Waals surface area contributed by atoms with Gasteiger partial charge in [0.2, 0.25) is 11.8 Å². The number of carboxylic acid groups (broad SMARTS) is 1. The van der Waals surface area contributed by atoms with Gasteiger partial charge in [0.15, 0.2) is 0 Å². The Morgan fingerprint density at radius 2 is 1.95 bits per heavy atom. The summed E-state index contributed by atoms with van der Waals surface area (Å²) in [5, 5.41) is 11.0. The van der Waals surface area contributed by atoms with Crippen LogP contribution in [0.25, 0.3) is 0 Å². The number of carboxylic acids is 1. The molecule has 0 saturated carbocycles. The summed E-state index contributed by atoms with van der Waals surface area (Å²) in [6, 6.07) is 0. The Hall–Kier alpha value is -1.24. The predicted octanol–water partition coefficient (Wildman–Crippen LogP) is 0.567. The molecule has 6 nitrogen and oxygen atoms in total. The normalized spacial score (nSPS) is 11.7. The van der Waals surface area contributed by atoms with Gasteiger partial charge in [-0.2, -0.15) is 0 Å². The van der Waals surface area contributed by atoms with Crippen LogP contribution in [-0.2, 0) is 14.4 Å². The van der Waals surface area contributed by atoms with Crippen molar-refractivity contribution in [1.82, 2.24) is 10.2 Å². The molecule has 110 valence electrons. The Balaban J connectivity index is 4.06. The first-order valence-electron chi connectivity index (χ1n) is 6.27. The highest BCUT2D eigenvalue weighted by atomic mass is 32.2.